The van der Waals surface area contributed by atoms with Gasteiger partial charge in [-0.1, -0.05) is 343 Å². The zero-order chi connectivity index (χ0) is 57.6. The fourth-order valence-electron chi connectivity index (χ4n) is 10.4. The average Bonchev–Trinajstić information content (AvgIpc) is 3.46. The maximum Gasteiger partial charge on any atom is 0.306 e. The lowest BCUT2D eigenvalue weighted by Gasteiger charge is -2.15. The molecule has 0 aromatic carbocycles. The van der Waals surface area contributed by atoms with E-state index in [2.05, 4.69) is 98.9 Å². The first-order chi connectivity index (χ1) is 39.6. The van der Waals surface area contributed by atoms with Gasteiger partial charge in [-0.25, -0.2) is 0 Å². The molecule has 5 heteroatoms. The van der Waals surface area contributed by atoms with Gasteiger partial charge in [0.05, 0.1) is 6.61 Å². The van der Waals surface area contributed by atoms with Crippen LogP contribution >= 0.6 is 0 Å². The van der Waals surface area contributed by atoms with Crippen LogP contribution in [0.4, 0.5) is 0 Å². The molecular weight excluding hydrogens is 981 g/mol. The van der Waals surface area contributed by atoms with E-state index in [0.717, 1.165) is 77.0 Å². The SMILES string of the molecule is CC/C=C\C/C=C\C/C=C\C/C=C\C/C=C\CCCCCCCCCCCCCCCCCCCCCCCCCC(=O)OC(CO)COC(=O)CCCCCCCCCCCCCCCCC/C=C\C/C=C\CCCCCCC. The third-order valence-corrected chi connectivity index (χ3v) is 15.7. The van der Waals surface area contributed by atoms with E-state index in [-0.39, 0.29) is 25.2 Å². The van der Waals surface area contributed by atoms with Gasteiger partial charge in [0, 0.05) is 12.8 Å². The van der Waals surface area contributed by atoms with Crippen molar-refractivity contribution in [2.75, 3.05) is 13.2 Å². The van der Waals surface area contributed by atoms with E-state index in [0.29, 0.717) is 12.8 Å². The van der Waals surface area contributed by atoms with E-state index in [9.17, 15) is 14.7 Å². The standard InChI is InChI=1S/C75H134O5/c1-3-5-7-9-11-13-15-17-19-21-23-25-27-29-31-32-33-34-35-36-37-38-39-40-41-42-44-46-48-50-52-54-56-58-60-62-64-66-68-70-75(78)80-73(71-76)72-79-74(77)69-67-65-63-61-59-57-55-53-51-49-47-45-43-30-28-26-24-22-20-18-16-14-12-10-8-6-4-2/h5,7,11,13,16-19,22-25,29,31,73,76H,3-4,6,8-10,12,14-15,20-21,26-28,30,32-72H2,1-2H3/b7-5-,13-11-,18-16-,19-17-,24-22-,25-23-,31-29-. The number of carbonyl (C=O) groups excluding carboxylic acids is 2. The number of unbranched alkanes of at least 4 members (excludes halogenated alkanes) is 43. The Morgan fingerprint density at radius 2 is 0.537 bits per heavy atom. The summed E-state index contributed by atoms with van der Waals surface area (Å²) in [4.78, 5) is 24.6. The van der Waals surface area contributed by atoms with Gasteiger partial charge in [0.15, 0.2) is 6.10 Å². The Morgan fingerprint density at radius 3 is 0.812 bits per heavy atom. The molecule has 0 fully saturated rings. The summed E-state index contributed by atoms with van der Waals surface area (Å²) in [6, 6.07) is 0. The number of carbonyl (C=O) groups is 2. The van der Waals surface area contributed by atoms with Gasteiger partial charge < -0.3 is 14.6 Å². The predicted octanol–water partition coefficient (Wildman–Crippen LogP) is 24.4. The maximum absolute atomic E-state index is 12.4. The van der Waals surface area contributed by atoms with E-state index in [4.69, 9.17) is 9.47 Å². The molecule has 0 aliphatic carbocycles. The second-order valence-electron chi connectivity index (χ2n) is 23.6. The fourth-order valence-corrected chi connectivity index (χ4v) is 10.4. The van der Waals surface area contributed by atoms with Gasteiger partial charge in [0.25, 0.3) is 0 Å². The normalized spacial score (nSPS) is 12.7. The van der Waals surface area contributed by atoms with Gasteiger partial charge in [0.1, 0.15) is 6.61 Å². The zero-order valence-electron chi connectivity index (χ0n) is 53.3. The quantitative estimate of drug-likeness (QED) is 0.0373. The highest BCUT2D eigenvalue weighted by molar-refractivity contribution is 5.70. The topological polar surface area (TPSA) is 72.8 Å². The van der Waals surface area contributed by atoms with Crippen molar-refractivity contribution in [1.82, 2.24) is 0 Å². The molecule has 0 aliphatic rings. The van der Waals surface area contributed by atoms with Crippen LogP contribution in [0.25, 0.3) is 0 Å². The number of ether oxygens (including phenoxy) is 2. The largest absolute Gasteiger partial charge is 0.462 e. The van der Waals surface area contributed by atoms with Crippen LogP contribution < -0.4 is 0 Å². The third kappa shape index (κ3) is 67.6. The Labute approximate surface area is 498 Å². The Bertz CT molecular complexity index is 1450. The lowest BCUT2D eigenvalue weighted by molar-refractivity contribution is -0.161. The van der Waals surface area contributed by atoms with Gasteiger partial charge in [-0.3, -0.25) is 9.59 Å². The number of aliphatic hydroxyl groups excluding tert-OH is 1. The van der Waals surface area contributed by atoms with E-state index in [1.165, 1.54) is 257 Å². The Morgan fingerprint density at radius 1 is 0.300 bits per heavy atom. The molecule has 5 nitrogen and oxygen atoms in total. The highest BCUT2D eigenvalue weighted by atomic mass is 16.6. The van der Waals surface area contributed by atoms with Crippen LogP contribution in [-0.2, 0) is 19.1 Å². The van der Waals surface area contributed by atoms with E-state index < -0.39 is 6.10 Å². The van der Waals surface area contributed by atoms with Crippen molar-refractivity contribution in [2.24, 2.45) is 0 Å². The van der Waals surface area contributed by atoms with Crippen LogP contribution in [0.3, 0.4) is 0 Å². The number of hydrogen-bond donors (Lipinski definition) is 1. The molecule has 0 aromatic rings. The molecule has 0 saturated heterocycles. The van der Waals surface area contributed by atoms with Gasteiger partial charge >= 0.3 is 11.9 Å². The summed E-state index contributed by atoms with van der Waals surface area (Å²) >= 11 is 0. The summed E-state index contributed by atoms with van der Waals surface area (Å²) in [7, 11) is 0. The molecule has 0 bridgehead atoms. The van der Waals surface area contributed by atoms with Crippen LogP contribution in [0.1, 0.15) is 361 Å². The van der Waals surface area contributed by atoms with Gasteiger partial charge in [-0.15, -0.1) is 0 Å². The average molecular weight is 1120 g/mol. The van der Waals surface area contributed by atoms with Crippen molar-refractivity contribution in [1.29, 1.82) is 0 Å². The molecule has 1 unspecified atom stereocenters. The maximum atomic E-state index is 12.4. The van der Waals surface area contributed by atoms with Crippen molar-refractivity contribution >= 4 is 11.9 Å². The molecule has 0 heterocycles. The van der Waals surface area contributed by atoms with Crippen molar-refractivity contribution in [3.8, 4) is 0 Å². The van der Waals surface area contributed by atoms with Crippen LogP contribution in [-0.4, -0.2) is 36.4 Å². The molecule has 0 rings (SSSR count). The van der Waals surface area contributed by atoms with E-state index >= 15 is 0 Å². The first-order valence-electron chi connectivity index (χ1n) is 35.1. The molecule has 464 valence electrons. The van der Waals surface area contributed by atoms with Crippen LogP contribution in [0.5, 0.6) is 0 Å². The molecule has 0 saturated carbocycles. The Hall–Kier alpha value is -2.92. The van der Waals surface area contributed by atoms with Crippen LogP contribution in [0, 0.1) is 0 Å². The highest BCUT2D eigenvalue weighted by Crippen LogP contribution is 2.18. The molecule has 0 amide bonds. The first kappa shape index (κ1) is 77.1. The molecule has 0 radical (unpaired) electrons. The monoisotopic (exact) mass is 1120 g/mol. The second kappa shape index (κ2) is 70.3. The minimum atomic E-state index is -0.773. The smallest absolute Gasteiger partial charge is 0.306 e. The van der Waals surface area contributed by atoms with Crippen LogP contribution in [0.2, 0.25) is 0 Å². The van der Waals surface area contributed by atoms with Crippen molar-refractivity contribution < 1.29 is 24.2 Å². The first-order valence-corrected chi connectivity index (χ1v) is 35.1. The summed E-state index contributed by atoms with van der Waals surface area (Å²) in [6.45, 7) is 4.06. The molecule has 0 aromatic heterocycles. The molecular formula is C75H134O5. The minimum Gasteiger partial charge on any atom is -0.462 e. The number of allylic oxidation sites excluding steroid dienone is 14. The molecule has 0 aliphatic heterocycles. The van der Waals surface area contributed by atoms with Gasteiger partial charge in [-0.05, 0) is 89.9 Å². The van der Waals surface area contributed by atoms with E-state index in [1.54, 1.807) is 0 Å². The molecule has 1 N–H and O–H groups in total. The number of rotatable bonds is 65. The second-order valence-corrected chi connectivity index (χ2v) is 23.6. The Balaban J connectivity index is 3.41. The van der Waals surface area contributed by atoms with E-state index in [1.807, 2.05) is 0 Å². The zero-order valence-corrected chi connectivity index (χ0v) is 53.3. The van der Waals surface area contributed by atoms with Crippen molar-refractivity contribution in [3.63, 3.8) is 0 Å². The van der Waals surface area contributed by atoms with Gasteiger partial charge in [-0.2, -0.15) is 0 Å². The molecule has 80 heavy (non-hydrogen) atoms. The summed E-state index contributed by atoms with van der Waals surface area (Å²) in [5.41, 5.74) is 0. The molecule has 0 spiro atoms. The molecule has 1 atom stereocenters. The van der Waals surface area contributed by atoms with Gasteiger partial charge in [0.2, 0.25) is 0 Å². The minimum absolute atomic E-state index is 0.0630. The lowest BCUT2D eigenvalue weighted by atomic mass is 10.0. The predicted molar refractivity (Wildman–Crippen MR) is 353 cm³/mol. The fraction of sp³-hybridized carbons (Fsp3) is 0.787. The summed E-state index contributed by atoms with van der Waals surface area (Å²) in [6.07, 6.45) is 99.1. The number of aliphatic hydroxyl groups is 1. The Kier molecular flexibility index (Phi) is 67.8. The highest BCUT2D eigenvalue weighted by Gasteiger charge is 2.16. The third-order valence-electron chi connectivity index (χ3n) is 15.7. The van der Waals surface area contributed by atoms with Crippen molar-refractivity contribution in [2.45, 2.75) is 367 Å². The lowest BCUT2D eigenvalue weighted by Crippen LogP contribution is -2.28. The summed E-state index contributed by atoms with van der Waals surface area (Å²) < 4.78 is 10.8. The van der Waals surface area contributed by atoms with Crippen LogP contribution in [0.15, 0.2) is 85.1 Å². The summed E-state index contributed by atoms with van der Waals surface area (Å²) in [5, 5.41) is 9.70. The number of esters is 2. The summed E-state index contributed by atoms with van der Waals surface area (Å²) in [5.74, 6) is -0.573. The number of hydrogen-bond acceptors (Lipinski definition) is 5. The van der Waals surface area contributed by atoms with Crippen molar-refractivity contribution in [3.05, 3.63) is 85.1 Å².